The highest BCUT2D eigenvalue weighted by molar-refractivity contribution is 5.79. The fourth-order valence-electron chi connectivity index (χ4n) is 2.56. The molecule has 0 aliphatic carbocycles. The number of nitrogens with zero attached hydrogens (tertiary/aromatic N) is 1. The Morgan fingerprint density at radius 1 is 1.07 bits per heavy atom. The summed E-state index contributed by atoms with van der Waals surface area (Å²) in [6, 6.07) is 15.3. The minimum absolute atomic E-state index is 0.0150. The van der Waals surface area contributed by atoms with E-state index in [0.29, 0.717) is 19.0 Å². The fourth-order valence-corrected chi connectivity index (χ4v) is 2.56. The summed E-state index contributed by atoms with van der Waals surface area (Å²) < 4.78 is 11.1. The van der Waals surface area contributed by atoms with Gasteiger partial charge in [-0.3, -0.25) is 0 Å². The maximum Gasteiger partial charge on any atom is 0.191 e. The van der Waals surface area contributed by atoms with Crippen LogP contribution in [-0.2, 0) is 13.2 Å². The highest BCUT2D eigenvalue weighted by atomic mass is 16.5. The smallest absolute Gasteiger partial charge is 0.191 e. The van der Waals surface area contributed by atoms with Gasteiger partial charge >= 0.3 is 0 Å². The molecule has 3 N–H and O–H groups in total. The first-order chi connectivity index (χ1) is 13.2. The van der Waals surface area contributed by atoms with Crippen LogP contribution in [-0.4, -0.2) is 37.4 Å². The summed E-state index contributed by atoms with van der Waals surface area (Å²) in [7, 11) is 1.64. The van der Waals surface area contributed by atoms with Gasteiger partial charge in [0.15, 0.2) is 5.96 Å². The minimum Gasteiger partial charge on any atom is -0.497 e. The van der Waals surface area contributed by atoms with E-state index in [-0.39, 0.29) is 12.7 Å². The van der Waals surface area contributed by atoms with Crippen molar-refractivity contribution in [1.29, 1.82) is 0 Å². The average Bonchev–Trinajstić information content (AvgIpc) is 2.70. The number of aliphatic hydroxyl groups excluding tert-OH is 1. The lowest BCUT2D eigenvalue weighted by atomic mass is 10.1. The number of rotatable bonds is 9. The van der Waals surface area contributed by atoms with Crippen LogP contribution < -0.4 is 20.1 Å². The average molecular weight is 371 g/mol. The van der Waals surface area contributed by atoms with Crippen molar-refractivity contribution in [3.63, 3.8) is 0 Å². The van der Waals surface area contributed by atoms with Crippen LogP contribution in [0.1, 0.15) is 25.0 Å². The summed E-state index contributed by atoms with van der Waals surface area (Å²) in [5.41, 5.74) is 1.91. The normalized spacial score (nSPS) is 12.4. The molecule has 0 bridgehead atoms. The zero-order valence-corrected chi connectivity index (χ0v) is 16.2. The van der Waals surface area contributed by atoms with Crippen molar-refractivity contribution in [3.05, 3.63) is 59.7 Å². The highest BCUT2D eigenvalue weighted by Crippen LogP contribution is 2.19. The molecule has 0 heterocycles. The van der Waals surface area contributed by atoms with Gasteiger partial charge in [-0.1, -0.05) is 30.3 Å². The van der Waals surface area contributed by atoms with E-state index < -0.39 is 0 Å². The number of aliphatic hydroxyl groups is 1. The second-order valence-electron chi connectivity index (χ2n) is 6.11. The molecule has 0 aliphatic heterocycles. The predicted molar refractivity (Wildman–Crippen MR) is 108 cm³/mol. The van der Waals surface area contributed by atoms with Gasteiger partial charge in [-0.05, 0) is 37.1 Å². The summed E-state index contributed by atoms with van der Waals surface area (Å²) >= 11 is 0. The maximum absolute atomic E-state index is 9.44. The number of guanidine groups is 1. The van der Waals surface area contributed by atoms with E-state index >= 15 is 0 Å². The topological polar surface area (TPSA) is 75.1 Å². The molecule has 146 valence electrons. The Bertz CT molecular complexity index is 734. The van der Waals surface area contributed by atoms with Gasteiger partial charge in [-0.15, -0.1) is 0 Å². The third kappa shape index (κ3) is 6.83. The standard InChI is InChI=1S/C21H29N3O3/c1-4-22-21(24-14-17-8-5-6-9-18(17)15-25)23-13-16(2)27-20-11-7-10-19(12-20)26-3/h5-12,16,25H,4,13-15H2,1-3H3,(H2,22,23,24). The molecule has 2 aromatic carbocycles. The lowest BCUT2D eigenvalue weighted by Gasteiger charge is -2.18. The molecule has 1 atom stereocenters. The summed E-state index contributed by atoms with van der Waals surface area (Å²) in [6.45, 7) is 5.90. The van der Waals surface area contributed by atoms with Crippen LogP contribution in [0.25, 0.3) is 0 Å². The molecule has 0 fully saturated rings. The third-order valence-corrected chi connectivity index (χ3v) is 3.98. The molecule has 1 unspecified atom stereocenters. The summed E-state index contributed by atoms with van der Waals surface area (Å²) in [5, 5.41) is 16.0. The van der Waals surface area contributed by atoms with E-state index in [1.165, 1.54) is 0 Å². The molecule has 6 heteroatoms. The molecule has 2 aromatic rings. The van der Waals surface area contributed by atoms with Gasteiger partial charge < -0.3 is 25.2 Å². The largest absolute Gasteiger partial charge is 0.497 e. The van der Waals surface area contributed by atoms with E-state index in [2.05, 4.69) is 15.6 Å². The van der Waals surface area contributed by atoms with Crippen molar-refractivity contribution < 1.29 is 14.6 Å². The number of hydrogen-bond donors (Lipinski definition) is 3. The zero-order valence-electron chi connectivity index (χ0n) is 16.2. The van der Waals surface area contributed by atoms with Crippen LogP contribution in [0.5, 0.6) is 11.5 Å². The van der Waals surface area contributed by atoms with Gasteiger partial charge in [0.25, 0.3) is 0 Å². The molecule has 27 heavy (non-hydrogen) atoms. The summed E-state index contributed by atoms with van der Waals surface area (Å²) in [5.74, 6) is 2.25. The van der Waals surface area contributed by atoms with Crippen molar-refractivity contribution in [1.82, 2.24) is 10.6 Å². The van der Waals surface area contributed by atoms with Crippen molar-refractivity contribution in [2.24, 2.45) is 4.99 Å². The molecule has 0 saturated carbocycles. The Morgan fingerprint density at radius 3 is 2.52 bits per heavy atom. The van der Waals surface area contributed by atoms with Crippen LogP contribution in [0, 0.1) is 0 Å². The quantitative estimate of drug-likeness (QED) is 0.467. The molecule has 0 aromatic heterocycles. The van der Waals surface area contributed by atoms with Crippen LogP contribution in [0.15, 0.2) is 53.5 Å². The number of benzene rings is 2. The first kappa shape index (κ1) is 20.6. The number of aliphatic imine (C=N–C) groups is 1. The minimum atomic E-state index is -0.0503. The maximum atomic E-state index is 9.44. The molecule has 2 rings (SSSR count). The van der Waals surface area contributed by atoms with Crippen LogP contribution in [0.2, 0.25) is 0 Å². The number of nitrogens with one attached hydrogen (secondary N) is 2. The highest BCUT2D eigenvalue weighted by Gasteiger charge is 2.07. The fraction of sp³-hybridized carbons (Fsp3) is 0.381. The predicted octanol–water partition coefficient (Wildman–Crippen LogP) is 2.71. The first-order valence-corrected chi connectivity index (χ1v) is 9.16. The first-order valence-electron chi connectivity index (χ1n) is 9.16. The monoisotopic (exact) mass is 371 g/mol. The Balaban J connectivity index is 1.92. The lowest BCUT2D eigenvalue weighted by molar-refractivity contribution is 0.223. The Morgan fingerprint density at radius 2 is 1.81 bits per heavy atom. The van der Waals surface area contributed by atoms with Gasteiger partial charge in [0.05, 0.1) is 26.8 Å². The summed E-state index contributed by atoms with van der Waals surface area (Å²) in [4.78, 5) is 4.61. The number of hydrogen-bond acceptors (Lipinski definition) is 4. The Hall–Kier alpha value is -2.73. The Labute approximate surface area is 161 Å². The van der Waals surface area contributed by atoms with E-state index in [1.807, 2.05) is 62.4 Å². The van der Waals surface area contributed by atoms with Gasteiger partial charge in [-0.2, -0.15) is 0 Å². The van der Waals surface area contributed by atoms with Crippen molar-refractivity contribution >= 4 is 5.96 Å². The molecule has 0 aliphatic rings. The van der Waals surface area contributed by atoms with E-state index in [4.69, 9.17) is 9.47 Å². The SMILES string of the molecule is CCNC(=NCc1ccccc1CO)NCC(C)Oc1cccc(OC)c1. The molecular formula is C21H29N3O3. The zero-order chi connectivity index (χ0) is 19.5. The van der Waals surface area contributed by atoms with Crippen molar-refractivity contribution in [2.75, 3.05) is 20.2 Å². The second-order valence-corrected chi connectivity index (χ2v) is 6.11. The third-order valence-electron chi connectivity index (χ3n) is 3.98. The second kappa shape index (κ2) is 11.1. The molecule has 0 saturated heterocycles. The molecular weight excluding hydrogens is 342 g/mol. The van der Waals surface area contributed by atoms with E-state index in [1.54, 1.807) is 7.11 Å². The van der Waals surface area contributed by atoms with E-state index in [0.717, 1.165) is 29.2 Å². The van der Waals surface area contributed by atoms with Gasteiger partial charge in [-0.25, -0.2) is 4.99 Å². The lowest BCUT2D eigenvalue weighted by Crippen LogP contribution is -2.41. The van der Waals surface area contributed by atoms with Crippen molar-refractivity contribution in [2.45, 2.75) is 33.1 Å². The molecule has 6 nitrogen and oxygen atoms in total. The molecule has 0 spiro atoms. The van der Waals surface area contributed by atoms with Crippen molar-refractivity contribution in [3.8, 4) is 11.5 Å². The number of ether oxygens (including phenoxy) is 2. The molecule has 0 amide bonds. The summed E-state index contributed by atoms with van der Waals surface area (Å²) in [6.07, 6.45) is -0.0503. The van der Waals surface area contributed by atoms with E-state index in [9.17, 15) is 5.11 Å². The Kier molecular flexibility index (Phi) is 8.45. The van der Waals surface area contributed by atoms with Gasteiger partial charge in [0, 0.05) is 12.6 Å². The van der Waals surface area contributed by atoms with Crippen LogP contribution in [0.4, 0.5) is 0 Å². The number of methoxy groups -OCH3 is 1. The molecule has 0 radical (unpaired) electrons. The van der Waals surface area contributed by atoms with Crippen LogP contribution >= 0.6 is 0 Å². The van der Waals surface area contributed by atoms with Gasteiger partial charge in [0.1, 0.15) is 17.6 Å². The van der Waals surface area contributed by atoms with Crippen LogP contribution in [0.3, 0.4) is 0 Å². The van der Waals surface area contributed by atoms with Gasteiger partial charge in [0.2, 0.25) is 0 Å².